The number of ether oxygens (including phenoxy) is 1. The fourth-order valence-electron chi connectivity index (χ4n) is 3.76. The van der Waals surface area contributed by atoms with Crippen molar-refractivity contribution in [3.05, 3.63) is 71.8 Å². The summed E-state index contributed by atoms with van der Waals surface area (Å²) in [6.07, 6.45) is 0. The van der Waals surface area contributed by atoms with Crippen molar-refractivity contribution in [1.82, 2.24) is 9.80 Å². The summed E-state index contributed by atoms with van der Waals surface area (Å²) < 4.78 is 5.48. The van der Waals surface area contributed by atoms with Crippen LogP contribution in [-0.2, 0) is 4.74 Å². The largest absolute Gasteiger partial charge is 0.379 e. The normalized spacial score (nSPS) is 20.6. The third-order valence-corrected chi connectivity index (χ3v) is 5.05. The Bertz CT molecular complexity index is 565. The molecule has 120 valence electrons. The second kappa shape index (κ2) is 6.83. The second-order valence-electron chi connectivity index (χ2n) is 6.48. The summed E-state index contributed by atoms with van der Waals surface area (Å²) in [5.41, 5.74) is 2.78. The van der Waals surface area contributed by atoms with Crippen LogP contribution in [0.15, 0.2) is 60.7 Å². The third kappa shape index (κ3) is 3.18. The van der Waals surface area contributed by atoms with Gasteiger partial charge in [0.15, 0.2) is 0 Å². The molecule has 2 aromatic rings. The summed E-state index contributed by atoms with van der Waals surface area (Å²) >= 11 is 0. The average molecular weight is 308 g/mol. The van der Waals surface area contributed by atoms with Gasteiger partial charge in [0.1, 0.15) is 0 Å². The number of nitrogens with zero attached hydrogens (tertiary/aromatic N) is 2. The molecule has 4 rings (SSSR count). The van der Waals surface area contributed by atoms with Gasteiger partial charge < -0.3 is 4.74 Å². The highest BCUT2D eigenvalue weighted by atomic mass is 16.5. The summed E-state index contributed by atoms with van der Waals surface area (Å²) in [7, 11) is 0. The van der Waals surface area contributed by atoms with Crippen molar-refractivity contribution in [2.75, 3.05) is 39.4 Å². The lowest BCUT2D eigenvalue weighted by atomic mass is 9.92. The van der Waals surface area contributed by atoms with E-state index in [9.17, 15) is 0 Å². The molecule has 0 saturated carbocycles. The molecule has 0 bridgehead atoms. The quantitative estimate of drug-likeness (QED) is 0.864. The van der Waals surface area contributed by atoms with Crippen LogP contribution >= 0.6 is 0 Å². The molecule has 3 heteroatoms. The van der Waals surface area contributed by atoms with Gasteiger partial charge in [0.25, 0.3) is 0 Å². The summed E-state index contributed by atoms with van der Waals surface area (Å²) in [4.78, 5) is 5.19. The van der Waals surface area contributed by atoms with E-state index in [1.54, 1.807) is 0 Å². The molecule has 2 aliphatic heterocycles. The molecule has 2 saturated heterocycles. The highest BCUT2D eigenvalue weighted by Crippen LogP contribution is 2.33. The Balaban J connectivity index is 1.51. The Morgan fingerprint density at radius 1 is 0.783 bits per heavy atom. The van der Waals surface area contributed by atoms with E-state index in [0.717, 1.165) is 39.4 Å². The minimum atomic E-state index is 0.370. The Kier molecular flexibility index (Phi) is 4.42. The standard InChI is InChI=1S/C20H24N2O/c1-3-7-17(8-4-1)20(18-9-5-2-6-10-18)22-15-19(16-22)21-11-13-23-14-12-21/h1-10,19-20H,11-16H2. The van der Waals surface area contributed by atoms with Gasteiger partial charge in [0.05, 0.1) is 19.3 Å². The average Bonchev–Trinajstić information content (AvgIpc) is 2.60. The van der Waals surface area contributed by atoms with Crippen LogP contribution in [-0.4, -0.2) is 55.2 Å². The maximum Gasteiger partial charge on any atom is 0.0602 e. The van der Waals surface area contributed by atoms with Gasteiger partial charge in [-0.2, -0.15) is 0 Å². The molecule has 0 atom stereocenters. The van der Waals surface area contributed by atoms with Gasteiger partial charge in [-0.05, 0) is 11.1 Å². The number of hydrogen-bond acceptors (Lipinski definition) is 3. The van der Waals surface area contributed by atoms with E-state index in [1.807, 2.05) is 0 Å². The lowest BCUT2D eigenvalue weighted by molar-refractivity contribution is -0.0408. The van der Waals surface area contributed by atoms with Crippen molar-refractivity contribution >= 4 is 0 Å². The molecular formula is C20H24N2O. The first-order valence-electron chi connectivity index (χ1n) is 8.57. The first kappa shape index (κ1) is 14.9. The van der Waals surface area contributed by atoms with Crippen molar-refractivity contribution < 1.29 is 4.74 Å². The SMILES string of the molecule is c1ccc(C(c2ccccc2)N2CC(N3CCOCC3)C2)cc1. The maximum atomic E-state index is 5.48. The molecule has 3 nitrogen and oxygen atoms in total. The molecule has 0 N–H and O–H groups in total. The van der Waals surface area contributed by atoms with E-state index in [4.69, 9.17) is 4.74 Å². The molecule has 0 aliphatic carbocycles. The van der Waals surface area contributed by atoms with E-state index >= 15 is 0 Å². The second-order valence-corrected chi connectivity index (χ2v) is 6.48. The lowest BCUT2D eigenvalue weighted by Crippen LogP contribution is -2.62. The van der Waals surface area contributed by atoms with E-state index in [-0.39, 0.29) is 0 Å². The van der Waals surface area contributed by atoms with Crippen molar-refractivity contribution in [2.45, 2.75) is 12.1 Å². The summed E-state index contributed by atoms with van der Waals surface area (Å²) in [5.74, 6) is 0. The van der Waals surface area contributed by atoms with Crippen molar-refractivity contribution in [2.24, 2.45) is 0 Å². The zero-order valence-electron chi connectivity index (χ0n) is 13.5. The van der Waals surface area contributed by atoms with E-state index in [0.29, 0.717) is 12.1 Å². The van der Waals surface area contributed by atoms with Gasteiger partial charge in [0.2, 0.25) is 0 Å². The smallest absolute Gasteiger partial charge is 0.0602 e. The predicted octanol–water partition coefficient (Wildman–Crippen LogP) is 2.79. The maximum absolute atomic E-state index is 5.48. The zero-order valence-corrected chi connectivity index (χ0v) is 13.5. The van der Waals surface area contributed by atoms with Gasteiger partial charge in [-0.1, -0.05) is 60.7 Å². The molecule has 0 aromatic heterocycles. The van der Waals surface area contributed by atoms with Gasteiger partial charge in [-0.3, -0.25) is 9.80 Å². The molecule has 2 heterocycles. The number of benzene rings is 2. The van der Waals surface area contributed by atoms with Crippen molar-refractivity contribution in [3.63, 3.8) is 0 Å². The van der Waals surface area contributed by atoms with Crippen LogP contribution in [0.1, 0.15) is 17.2 Å². The van der Waals surface area contributed by atoms with Crippen LogP contribution in [0.5, 0.6) is 0 Å². The van der Waals surface area contributed by atoms with Gasteiger partial charge in [-0.15, -0.1) is 0 Å². The summed E-state index contributed by atoms with van der Waals surface area (Å²) in [5, 5.41) is 0. The highest BCUT2D eigenvalue weighted by molar-refractivity contribution is 5.32. The Morgan fingerprint density at radius 3 is 1.83 bits per heavy atom. The van der Waals surface area contributed by atoms with E-state index in [1.165, 1.54) is 11.1 Å². The van der Waals surface area contributed by atoms with Gasteiger partial charge in [0, 0.05) is 32.2 Å². The summed E-state index contributed by atoms with van der Waals surface area (Å²) in [6, 6.07) is 22.8. The number of rotatable bonds is 4. The van der Waals surface area contributed by atoms with Crippen LogP contribution in [0, 0.1) is 0 Å². The first-order valence-corrected chi connectivity index (χ1v) is 8.57. The molecule has 0 radical (unpaired) electrons. The molecule has 2 aromatic carbocycles. The van der Waals surface area contributed by atoms with Crippen LogP contribution in [0.25, 0.3) is 0 Å². The number of morpholine rings is 1. The molecule has 0 spiro atoms. The fourth-order valence-corrected chi connectivity index (χ4v) is 3.76. The number of likely N-dealkylation sites (tertiary alicyclic amines) is 1. The van der Waals surface area contributed by atoms with Crippen LogP contribution in [0.3, 0.4) is 0 Å². The Hall–Kier alpha value is -1.68. The zero-order chi connectivity index (χ0) is 15.5. The minimum absolute atomic E-state index is 0.370. The van der Waals surface area contributed by atoms with Crippen LogP contribution < -0.4 is 0 Å². The molecular weight excluding hydrogens is 284 g/mol. The van der Waals surface area contributed by atoms with Crippen LogP contribution in [0.2, 0.25) is 0 Å². The van der Waals surface area contributed by atoms with Gasteiger partial charge in [-0.25, -0.2) is 0 Å². The van der Waals surface area contributed by atoms with E-state index < -0.39 is 0 Å². The topological polar surface area (TPSA) is 15.7 Å². The lowest BCUT2D eigenvalue weighted by Gasteiger charge is -2.50. The van der Waals surface area contributed by atoms with E-state index in [2.05, 4.69) is 70.5 Å². The third-order valence-electron chi connectivity index (χ3n) is 5.05. The molecule has 2 fully saturated rings. The van der Waals surface area contributed by atoms with Gasteiger partial charge >= 0.3 is 0 Å². The van der Waals surface area contributed by atoms with Crippen LogP contribution in [0.4, 0.5) is 0 Å². The fraction of sp³-hybridized carbons (Fsp3) is 0.400. The summed E-state index contributed by atoms with van der Waals surface area (Å²) in [6.45, 7) is 6.23. The molecule has 23 heavy (non-hydrogen) atoms. The molecule has 0 unspecified atom stereocenters. The van der Waals surface area contributed by atoms with Crippen molar-refractivity contribution in [1.29, 1.82) is 0 Å². The minimum Gasteiger partial charge on any atom is -0.379 e. The first-order chi connectivity index (χ1) is 11.4. The predicted molar refractivity (Wildman–Crippen MR) is 92.5 cm³/mol. The Labute approximate surface area is 138 Å². The van der Waals surface area contributed by atoms with Crippen molar-refractivity contribution in [3.8, 4) is 0 Å². The molecule has 2 aliphatic rings. The Morgan fingerprint density at radius 2 is 1.30 bits per heavy atom. The highest BCUT2D eigenvalue weighted by Gasteiger charge is 2.37. The molecule has 0 amide bonds. The number of hydrogen-bond donors (Lipinski definition) is 0. The monoisotopic (exact) mass is 308 g/mol.